The maximum absolute atomic E-state index is 6.27. The van der Waals surface area contributed by atoms with Crippen LogP contribution in [0, 0.1) is 0 Å². The Labute approximate surface area is 130 Å². The number of para-hydroxylation sites is 2. The average Bonchev–Trinajstić information content (AvgIpc) is 2.45. The van der Waals surface area contributed by atoms with Gasteiger partial charge in [-0.05, 0) is 44.5 Å². The van der Waals surface area contributed by atoms with Crippen LogP contribution in [0.1, 0.15) is 19.4 Å². The molecule has 0 saturated heterocycles. The van der Waals surface area contributed by atoms with Crippen molar-refractivity contribution >= 4 is 11.6 Å². The van der Waals surface area contributed by atoms with Crippen LogP contribution in [0.4, 0.5) is 0 Å². The summed E-state index contributed by atoms with van der Waals surface area (Å²) in [5.74, 6) is 2.10. The second-order valence-corrected chi connectivity index (χ2v) is 5.29. The molecule has 2 rings (SSSR count). The molecule has 0 aliphatic carbocycles. The van der Waals surface area contributed by atoms with Crippen LogP contribution in [-0.2, 0) is 6.42 Å². The van der Waals surface area contributed by atoms with Crippen molar-refractivity contribution in [2.75, 3.05) is 6.61 Å². The van der Waals surface area contributed by atoms with E-state index in [1.165, 1.54) is 0 Å². The highest BCUT2D eigenvalue weighted by atomic mass is 35.5. The van der Waals surface area contributed by atoms with Crippen LogP contribution in [0.5, 0.6) is 17.2 Å². The van der Waals surface area contributed by atoms with Crippen molar-refractivity contribution in [3.8, 4) is 17.2 Å². The number of halogens is 1. The molecular weight excluding hydrogens is 286 g/mol. The smallest absolute Gasteiger partial charge is 0.169 e. The van der Waals surface area contributed by atoms with Gasteiger partial charge in [-0.15, -0.1) is 0 Å². The Morgan fingerprint density at radius 1 is 1.05 bits per heavy atom. The van der Waals surface area contributed by atoms with Crippen molar-refractivity contribution < 1.29 is 9.47 Å². The molecular formula is C17H20ClNO2. The van der Waals surface area contributed by atoms with Gasteiger partial charge in [0.25, 0.3) is 0 Å². The minimum atomic E-state index is 0.00869. The van der Waals surface area contributed by atoms with Gasteiger partial charge in [0.1, 0.15) is 5.75 Å². The van der Waals surface area contributed by atoms with E-state index < -0.39 is 0 Å². The summed E-state index contributed by atoms with van der Waals surface area (Å²) < 4.78 is 11.6. The first kappa shape index (κ1) is 15.7. The zero-order valence-electron chi connectivity index (χ0n) is 12.3. The van der Waals surface area contributed by atoms with Crippen LogP contribution in [0.25, 0.3) is 0 Å². The van der Waals surface area contributed by atoms with Gasteiger partial charge in [0, 0.05) is 16.6 Å². The highest BCUT2D eigenvalue weighted by Crippen LogP contribution is 2.35. The highest BCUT2D eigenvalue weighted by Gasteiger charge is 2.13. The first-order valence-corrected chi connectivity index (χ1v) is 7.42. The lowest BCUT2D eigenvalue weighted by Crippen LogP contribution is -2.18. The lowest BCUT2D eigenvalue weighted by molar-refractivity contribution is 0.321. The summed E-state index contributed by atoms with van der Waals surface area (Å²) in [6.45, 7) is 4.47. The summed E-state index contributed by atoms with van der Waals surface area (Å²) in [6, 6.07) is 13.2. The minimum absolute atomic E-state index is 0.00869. The Kier molecular flexibility index (Phi) is 5.48. The Balaban J connectivity index is 2.33. The van der Waals surface area contributed by atoms with Crippen LogP contribution >= 0.6 is 11.6 Å². The largest absolute Gasteiger partial charge is 0.490 e. The van der Waals surface area contributed by atoms with Crippen LogP contribution in [0.3, 0.4) is 0 Å². The van der Waals surface area contributed by atoms with Gasteiger partial charge in [-0.3, -0.25) is 0 Å². The molecule has 0 amide bonds. The number of hydrogen-bond acceptors (Lipinski definition) is 3. The second kappa shape index (κ2) is 7.34. The van der Waals surface area contributed by atoms with E-state index in [0.29, 0.717) is 35.3 Å². The van der Waals surface area contributed by atoms with Gasteiger partial charge < -0.3 is 15.2 Å². The molecule has 1 unspecified atom stereocenters. The predicted molar refractivity (Wildman–Crippen MR) is 86.5 cm³/mol. The first-order valence-electron chi connectivity index (χ1n) is 7.04. The van der Waals surface area contributed by atoms with Gasteiger partial charge in [-0.25, -0.2) is 0 Å². The maximum Gasteiger partial charge on any atom is 0.169 e. The van der Waals surface area contributed by atoms with Crippen molar-refractivity contribution in [3.05, 3.63) is 53.1 Å². The molecule has 0 radical (unpaired) electrons. The number of rotatable bonds is 6. The van der Waals surface area contributed by atoms with E-state index in [0.717, 1.165) is 5.56 Å². The average molecular weight is 306 g/mol. The van der Waals surface area contributed by atoms with Crippen molar-refractivity contribution in [2.45, 2.75) is 26.3 Å². The van der Waals surface area contributed by atoms with Crippen molar-refractivity contribution in [3.63, 3.8) is 0 Å². The molecule has 0 aromatic heterocycles. The van der Waals surface area contributed by atoms with E-state index in [9.17, 15) is 0 Å². The van der Waals surface area contributed by atoms with Crippen LogP contribution < -0.4 is 15.2 Å². The molecule has 0 fully saturated rings. The number of hydrogen-bond donors (Lipinski definition) is 1. The lowest BCUT2D eigenvalue weighted by atomic mass is 10.1. The molecule has 2 aromatic rings. The maximum atomic E-state index is 6.27. The number of benzene rings is 2. The monoisotopic (exact) mass is 305 g/mol. The molecule has 0 heterocycles. The van der Waals surface area contributed by atoms with E-state index >= 15 is 0 Å². The zero-order valence-corrected chi connectivity index (χ0v) is 13.1. The zero-order chi connectivity index (χ0) is 15.2. The van der Waals surface area contributed by atoms with Crippen LogP contribution in [0.2, 0.25) is 5.02 Å². The first-order chi connectivity index (χ1) is 10.1. The topological polar surface area (TPSA) is 44.5 Å². The molecule has 4 heteroatoms. The third-order valence-electron chi connectivity index (χ3n) is 2.97. The minimum Gasteiger partial charge on any atom is -0.490 e. The molecule has 0 aliphatic heterocycles. The molecule has 1 atom stereocenters. The van der Waals surface area contributed by atoms with Crippen molar-refractivity contribution in [1.29, 1.82) is 0 Å². The predicted octanol–water partition coefficient (Wildman–Crippen LogP) is 4.42. The van der Waals surface area contributed by atoms with E-state index in [-0.39, 0.29) is 6.04 Å². The molecule has 0 spiro atoms. The molecule has 0 saturated carbocycles. The van der Waals surface area contributed by atoms with Gasteiger partial charge in [0.2, 0.25) is 0 Å². The van der Waals surface area contributed by atoms with E-state index in [1.54, 1.807) is 0 Å². The van der Waals surface area contributed by atoms with Crippen molar-refractivity contribution in [1.82, 2.24) is 0 Å². The number of nitrogens with two attached hydrogens (primary N) is 1. The summed E-state index contributed by atoms with van der Waals surface area (Å²) in [6.07, 6.45) is 0.659. The number of ether oxygens (including phenoxy) is 2. The standard InChI is InChI=1S/C17H20ClNO2/c1-3-20-16-8-4-5-9-17(16)21-15-10-6-7-14(18)13(15)11-12(2)19/h4-10,12H,3,11,19H2,1-2H3. The third kappa shape index (κ3) is 4.13. The summed E-state index contributed by atoms with van der Waals surface area (Å²) in [4.78, 5) is 0. The fourth-order valence-corrected chi connectivity index (χ4v) is 2.33. The van der Waals surface area contributed by atoms with Gasteiger partial charge >= 0.3 is 0 Å². The van der Waals surface area contributed by atoms with E-state index in [2.05, 4.69) is 0 Å². The van der Waals surface area contributed by atoms with E-state index in [4.69, 9.17) is 26.8 Å². The van der Waals surface area contributed by atoms with Crippen molar-refractivity contribution in [2.24, 2.45) is 5.73 Å². The fraction of sp³-hybridized carbons (Fsp3) is 0.294. The third-order valence-corrected chi connectivity index (χ3v) is 3.32. The summed E-state index contributed by atoms with van der Waals surface area (Å²) in [5, 5.41) is 0.665. The molecule has 2 N–H and O–H groups in total. The Hall–Kier alpha value is -1.71. The van der Waals surface area contributed by atoms with Crippen LogP contribution in [-0.4, -0.2) is 12.6 Å². The fourth-order valence-electron chi connectivity index (χ4n) is 2.08. The molecule has 112 valence electrons. The molecule has 0 aliphatic rings. The Bertz CT molecular complexity index is 599. The summed E-state index contributed by atoms with van der Waals surface area (Å²) in [5.41, 5.74) is 6.81. The quantitative estimate of drug-likeness (QED) is 0.859. The van der Waals surface area contributed by atoms with Gasteiger partial charge in [0.15, 0.2) is 11.5 Å². The molecule has 3 nitrogen and oxygen atoms in total. The van der Waals surface area contributed by atoms with E-state index in [1.807, 2.05) is 56.3 Å². The summed E-state index contributed by atoms with van der Waals surface area (Å²) >= 11 is 6.27. The Morgan fingerprint density at radius 3 is 2.38 bits per heavy atom. The molecule has 0 bridgehead atoms. The second-order valence-electron chi connectivity index (χ2n) is 4.88. The van der Waals surface area contributed by atoms with Gasteiger partial charge in [-0.2, -0.15) is 0 Å². The molecule has 21 heavy (non-hydrogen) atoms. The molecule has 2 aromatic carbocycles. The van der Waals surface area contributed by atoms with Gasteiger partial charge in [-0.1, -0.05) is 29.8 Å². The van der Waals surface area contributed by atoms with Crippen LogP contribution in [0.15, 0.2) is 42.5 Å². The highest BCUT2D eigenvalue weighted by molar-refractivity contribution is 6.31. The van der Waals surface area contributed by atoms with Gasteiger partial charge in [0.05, 0.1) is 6.61 Å². The SMILES string of the molecule is CCOc1ccccc1Oc1cccc(Cl)c1CC(C)N. The lowest BCUT2D eigenvalue weighted by Gasteiger charge is -2.16. The normalized spacial score (nSPS) is 12.0. The summed E-state index contributed by atoms with van der Waals surface area (Å²) in [7, 11) is 0. The Morgan fingerprint density at radius 2 is 1.71 bits per heavy atom.